The second-order valence-electron chi connectivity index (χ2n) is 6.88. The Morgan fingerprint density at radius 1 is 1.03 bits per heavy atom. The first-order chi connectivity index (χ1) is 14.4. The van der Waals surface area contributed by atoms with Gasteiger partial charge >= 0.3 is 0 Å². The number of rotatable bonds is 6. The van der Waals surface area contributed by atoms with E-state index >= 15 is 0 Å². The van der Waals surface area contributed by atoms with Crippen molar-refractivity contribution in [2.24, 2.45) is 0 Å². The van der Waals surface area contributed by atoms with Gasteiger partial charge in [0.1, 0.15) is 6.33 Å². The molecule has 0 unspecified atom stereocenters. The van der Waals surface area contributed by atoms with Crippen LogP contribution in [-0.4, -0.2) is 63.8 Å². The monoisotopic (exact) mass is 406 g/mol. The summed E-state index contributed by atoms with van der Waals surface area (Å²) in [5, 5.41) is 5.54. The molecule has 0 atom stereocenters. The van der Waals surface area contributed by atoms with E-state index in [4.69, 9.17) is 14.7 Å². The Morgan fingerprint density at radius 2 is 1.90 bits per heavy atom. The van der Waals surface area contributed by atoms with Crippen molar-refractivity contribution < 1.29 is 4.74 Å². The second-order valence-corrected chi connectivity index (χ2v) is 7.82. The molecule has 0 spiro atoms. The van der Waals surface area contributed by atoms with Crippen LogP contribution in [-0.2, 0) is 4.74 Å². The van der Waals surface area contributed by atoms with Crippen molar-refractivity contribution in [3.8, 4) is 16.4 Å². The molecule has 4 heterocycles. The van der Waals surface area contributed by atoms with Crippen molar-refractivity contribution in [2.75, 3.05) is 44.7 Å². The summed E-state index contributed by atoms with van der Waals surface area (Å²) in [6.45, 7) is 5.31. The molecule has 1 aliphatic rings. The van der Waals surface area contributed by atoms with Crippen LogP contribution < -0.4 is 5.32 Å². The smallest absolute Gasteiger partial charge is 0.174 e. The number of aromatic nitrogens is 4. The molecule has 29 heavy (non-hydrogen) atoms. The van der Waals surface area contributed by atoms with Crippen LogP contribution in [0.1, 0.15) is 0 Å². The van der Waals surface area contributed by atoms with Gasteiger partial charge < -0.3 is 10.1 Å². The normalized spacial score (nSPS) is 15.0. The summed E-state index contributed by atoms with van der Waals surface area (Å²) in [6.07, 6.45) is 1.82. The quantitative estimate of drug-likeness (QED) is 0.530. The summed E-state index contributed by atoms with van der Waals surface area (Å²) < 4.78 is 7.44. The fourth-order valence-corrected chi connectivity index (χ4v) is 4.13. The number of anilines is 1. The maximum Gasteiger partial charge on any atom is 0.174 e. The Kier molecular flexibility index (Phi) is 5.21. The van der Waals surface area contributed by atoms with Gasteiger partial charge in [0.25, 0.3) is 0 Å². The molecule has 1 fully saturated rings. The fourth-order valence-electron chi connectivity index (χ4n) is 3.47. The van der Waals surface area contributed by atoms with Crippen molar-refractivity contribution in [2.45, 2.75) is 0 Å². The predicted octanol–water partition coefficient (Wildman–Crippen LogP) is 3.29. The first-order valence-electron chi connectivity index (χ1n) is 9.77. The molecule has 0 saturated carbocycles. The maximum absolute atomic E-state index is 5.43. The molecule has 3 aromatic heterocycles. The lowest BCUT2D eigenvalue weighted by atomic mass is 10.3. The number of nitrogens with one attached hydrogen (secondary N) is 1. The van der Waals surface area contributed by atoms with Crippen molar-refractivity contribution in [1.82, 2.24) is 24.4 Å². The Morgan fingerprint density at radius 3 is 2.69 bits per heavy atom. The Bertz CT molecular complexity index is 1070. The third-order valence-electron chi connectivity index (χ3n) is 5.00. The molecule has 0 amide bonds. The van der Waals surface area contributed by atoms with Crippen LogP contribution in [0.25, 0.3) is 27.6 Å². The lowest BCUT2D eigenvalue weighted by Gasteiger charge is -2.26. The van der Waals surface area contributed by atoms with Gasteiger partial charge in [0.2, 0.25) is 0 Å². The van der Waals surface area contributed by atoms with Crippen LogP contribution in [0.2, 0.25) is 0 Å². The number of thiophene rings is 1. The van der Waals surface area contributed by atoms with Gasteiger partial charge in [-0.1, -0.05) is 24.3 Å². The van der Waals surface area contributed by atoms with E-state index in [1.54, 1.807) is 11.3 Å². The number of nitrogens with zero attached hydrogens (tertiary/aromatic N) is 5. The Balaban J connectivity index is 1.49. The van der Waals surface area contributed by atoms with Crippen LogP contribution >= 0.6 is 11.3 Å². The highest BCUT2D eigenvalue weighted by molar-refractivity contribution is 7.13. The zero-order valence-electron chi connectivity index (χ0n) is 16.0. The van der Waals surface area contributed by atoms with E-state index in [0.717, 1.165) is 72.8 Å². The van der Waals surface area contributed by atoms with Gasteiger partial charge in [-0.15, -0.1) is 11.3 Å². The summed E-state index contributed by atoms with van der Waals surface area (Å²) in [7, 11) is 0. The summed E-state index contributed by atoms with van der Waals surface area (Å²) in [6, 6.07) is 14.2. The molecule has 7 nitrogen and oxygen atoms in total. The molecular weight excluding hydrogens is 384 g/mol. The fraction of sp³-hybridized carbons (Fsp3) is 0.286. The third-order valence-corrected chi connectivity index (χ3v) is 5.86. The summed E-state index contributed by atoms with van der Waals surface area (Å²) in [5.41, 5.74) is 2.63. The number of imidazole rings is 1. The zero-order valence-corrected chi connectivity index (χ0v) is 16.8. The molecule has 1 aromatic carbocycles. The molecule has 1 aliphatic heterocycles. The third kappa shape index (κ3) is 3.87. The lowest BCUT2D eigenvalue weighted by Crippen LogP contribution is -2.39. The van der Waals surface area contributed by atoms with Gasteiger partial charge in [-0.05, 0) is 23.6 Å². The van der Waals surface area contributed by atoms with E-state index in [2.05, 4.69) is 27.3 Å². The molecule has 0 radical (unpaired) electrons. The molecule has 1 N–H and O–H groups in total. The molecule has 1 saturated heterocycles. The number of para-hydroxylation sites is 1. The van der Waals surface area contributed by atoms with Crippen LogP contribution in [0.3, 0.4) is 0 Å². The minimum absolute atomic E-state index is 0.721. The predicted molar refractivity (Wildman–Crippen MR) is 116 cm³/mol. The second kappa shape index (κ2) is 8.28. The first-order valence-corrected chi connectivity index (χ1v) is 10.6. The van der Waals surface area contributed by atoms with Gasteiger partial charge in [-0.25, -0.2) is 15.0 Å². The van der Waals surface area contributed by atoms with Gasteiger partial charge in [-0.2, -0.15) is 0 Å². The molecular formula is C21H22N6OS. The van der Waals surface area contributed by atoms with Gasteiger partial charge in [0, 0.05) is 31.9 Å². The number of ether oxygens (including phenoxy) is 1. The number of morpholine rings is 1. The van der Waals surface area contributed by atoms with E-state index < -0.39 is 0 Å². The number of fused-ring (bicyclic) bond motifs is 1. The maximum atomic E-state index is 5.43. The molecule has 8 heteroatoms. The molecule has 0 bridgehead atoms. The van der Waals surface area contributed by atoms with E-state index in [9.17, 15) is 0 Å². The highest BCUT2D eigenvalue weighted by Gasteiger charge is 2.16. The molecule has 5 rings (SSSR count). The first kappa shape index (κ1) is 18.2. The lowest BCUT2D eigenvalue weighted by molar-refractivity contribution is 0.0398. The Labute approximate surface area is 173 Å². The summed E-state index contributed by atoms with van der Waals surface area (Å²) in [5.74, 6) is 1.50. The molecule has 4 aromatic rings. The average Bonchev–Trinajstić information content (AvgIpc) is 3.45. The van der Waals surface area contributed by atoms with Crippen molar-refractivity contribution in [3.63, 3.8) is 0 Å². The van der Waals surface area contributed by atoms with Crippen molar-refractivity contribution in [3.05, 3.63) is 54.2 Å². The zero-order chi connectivity index (χ0) is 19.5. The number of hydrogen-bond donors (Lipinski definition) is 1. The van der Waals surface area contributed by atoms with Gasteiger partial charge in [-0.3, -0.25) is 9.47 Å². The van der Waals surface area contributed by atoms with E-state index in [0.29, 0.717) is 0 Å². The average molecular weight is 407 g/mol. The van der Waals surface area contributed by atoms with Crippen LogP contribution in [0.4, 0.5) is 5.82 Å². The standard InChI is InChI=1S/C21H22N6OS/c1-2-5-16(6-3-1)27-15-23-18-20(22-8-9-26-10-12-28-13-11-26)24-19(25-21(18)27)17-7-4-14-29-17/h1-7,14-15H,8-13H2,(H,22,24,25). The van der Waals surface area contributed by atoms with E-state index in [-0.39, 0.29) is 0 Å². The SMILES string of the molecule is c1ccc(-n2cnc3c(NCCN4CCOCC4)nc(-c4cccs4)nc32)cc1. The van der Waals surface area contributed by atoms with Crippen LogP contribution in [0.5, 0.6) is 0 Å². The van der Waals surface area contributed by atoms with Gasteiger partial charge in [0.15, 0.2) is 22.8 Å². The largest absolute Gasteiger partial charge is 0.379 e. The van der Waals surface area contributed by atoms with Gasteiger partial charge in [0.05, 0.1) is 18.1 Å². The number of benzene rings is 1. The molecule has 148 valence electrons. The molecule has 0 aliphatic carbocycles. The summed E-state index contributed by atoms with van der Waals surface area (Å²) >= 11 is 1.64. The minimum atomic E-state index is 0.721. The van der Waals surface area contributed by atoms with Crippen molar-refractivity contribution in [1.29, 1.82) is 0 Å². The van der Waals surface area contributed by atoms with Crippen LogP contribution in [0, 0.1) is 0 Å². The topological polar surface area (TPSA) is 68.1 Å². The summed E-state index contributed by atoms with van der Waals surface area (Å²) in [4.78, 5) is 17.7. The van der Waals surface area contributed by atoms with Crippen molar-refractivity contribution >= 4 is 28.3 Å². The highest BCUT2D eigenvalue weighted by Crippen LogP contribution is 2.28. The van der Waals surface area contributed by atoms with E-state index in [1.165, 1.54) is 0 Å². The highest BCUT2D eigenvalue weighted by atomic mass is 32.1. The van der Waals surface area contributed by atoms with E-state index in [1.807, 2.05) is 46.6 Å². The number of hydrogen-bond acceptors (Lipinski definition) is 7. The van der Waals surface area contributed by atoms with Crippen LogP contribution in [0.15, 0.2) is 54.2 Å². The Hall–Kier alpha value is -2.81. The minimum Gasteiger partial charge on any atom is -0.379 e.